The van der Waals surface area contributed by atoms with Crippen LogP contribution in [0.1, 0.15) is 30.2 Å². The van der Waals surface area contributed by atoms with Crippen LogP contribution in [-0.2, 0) is 13.6 Å². The summed E-state index contributed by atoms with van der Waals surface area (Å²) in [6.07, 6.45) is 1.72. The third-order valence-corrected chi connectivity index (χ3v) is 1.81. The van der Waals surface area contributed by atoms with Gasteiger partial charge in [-0.2, -0.15) is 0 Å². The minimum atomic E-state index is -0.997. The van der Waals surface area contributed by atoms with Gasteiger partial charge < -0.3 is 15.0 Å². The zero-order chi connectivity index (χ0) is 10.7. The van der Waals surface area contributed by atoms with E-state index >= 15 is 0 Å². The highest BCUT2D eigenvalue weighted by molar-refractivity contribution is 5.83. The molecule has 0 radical (unpaired) electrons. The summed E-state index contributed by atoms with van der Waals surface area (Å²) in [4.78, 5) is 14.7. The van der Waals surface area contributed by atoms with Crippen molar-refractivity contribution in [1.82, 2.24) is 14.9 Å². The molecule has 1 rings (SSSR count). The van der Waals surface area contributed by atoms with E-state index in [0.29, 0.717) is 12.6 Å². The first-order chi connectivity index (χ1) is 6.50. The van der Waals surface area contributed by atoms with Crippen LogP contribution in [0.3, 0.4) is 0 Å². The second-order valence-corrected chi connectivity index (χ2v) is 3.51. The van der Waals surface area contributed by atoms with Gasteiger partial charge in [0.05, 0.1) is 5.69 Å². The Morgan fingerprint density at radius 2 is 2.36 bits per heavy atom. The third-order valence-electron chi connectivity index (χ3n) is 1.81. The van der Waals surface area contributed by atoms with Crippen molar-refractivity contribution in [3.8, 4) is 0 Å². The molecule has 0 aliphatic heterocycles. The Morgan fingerprint density at radius 1 is 1.71 bits per heavy atom. The van der Waals surface area contributed by atoms with Crippen LogP contribution in [0.4, 0.5) is 0 Å². The number of aryl methyl sites for hydroxylation is 1. The number of nitrogens with one attached hydrogen (secondary N) is 1. The summed E-state index contributed by atoms with van der Waals surface area (Å²) in [5.74, 6) is -0.922. The van der Waals surface area contributed by atoms with Crippen molar-refractivity contribution in [2.45, 2.75) is 26.4 Å². The number of rotatable bonds is 4. The zero-order valence-electron chi connectivity index (χ0n) is 8.61. The van der Waals surface area contributed by atoms with E-state index in [1.165, 1.54) is 4.57 Å². The van der Waals surface area contributed by atoms with Crippen LogP contribution in [-0.4, -0.2) is 26.7 Å². The molecule has 0 aromatic carbocycles. The van der Waals surface area contributed by atoms with Crippen molar-refractivity contribution >= 4 is 5.97 Å². The molecule has 0 saturated carbocycles. The highest BCUT2D eigenvalue weighted by Gasteiger charge is 2.11. The summed E-state index contributed by atoms with van der Waals surface area (Å²) < 4.78 is 1.51. The minimum Gasteiger partial charge on any atom is -0.475 e. The van der Waals surface area contributed by atoms with Crippen LogP contribution < -0.4 is 5.32 Å². The fourth-order valence-electron chi connectivity index (χ4n) is 1.12. The van der Waals surface area contributed by atoms with Gasteiger partial charge in [0.15, 0.2) is 0 Å². The van der Waals surface area contributed by atoms with E-state index in [9.17, 15) is 4.79 Å². The number of hydrogen-bond donors (Lipinski definition) is 2. The summed E-state index contributed by atoms with van der Waals surface area (Å²) in [7, 11) is 1.68. The van der Waals surface area contributed by atoms with Gasteiger partial charge in [0.25, 0.3) is 0 Å². The standard InChI is InChI=1S/C9H15N3O2/c1-6(2)10-4-7-5-12(3)8(11-7)9(13)14/h5-6,10H,4H2,1-3H3,(H,13,14). The van der Waals surface area contributed by atoms with Crippen molar-refractivity contribution in [3.63, 3.8) is 0 Å². The number of nitrogens with zero attached hydrogens (tertiary/aromatic N) is 2. The van der Waals surface area contributed by atoms with Crippen molar-refractivity contribution in [2.75, 3.05) is 0 Å². The summed E-state index contributed by atoms with van der Waals surface area (Å²) in [6, 6.07) is 0.366. The Kier molecular flexibility index (Phi) is 3.24. The first-order valence-corrected chi connectivity index (χ1v) is 4.49. The van der Waals surface area contributed by atoms with E-state index in [1.54, 1.807) is 13.2 Å². The third kappa shape index (κ3) is 2.56. The molecule has 0 atom stereocenters. The fourth-order valence-corrected chi connectivity index (χ4v) is 1.12. The Hall–Kier alpha value is -1.36. The van der Waals surface area contributed by atoms with Crippen LogP contribution in [0.2, 0.25) is 0 Å². The second kappa shape index (κ2) is 4.23. The number of imidazole rings is 1. The van der Waals surface area contributed by atoms with Gasteiger partial charge in [-0.1, -0.05) is 13.8 Å². The largest absolute Gasteiger partial charge is 0.475 e. The zero-order valence-corrected chi connectivity index (χ0v) is 8.61. The molecule has 2 N–H and O–H groups in total. The monoisotopic (exact) mass is 197 g/mol. The average Bonchev–Trinajstić information content (AvgIpc) is 2.43. The molecule has 0 aliphatic rings. The first-order valence-electron chi connectivity index (χ1n) is 4.49. The number of carbonyl (C=O) groups is 1. The summed E-state index contributed by atoms with van der Waals surface area (Å²) in [6.45, 7) is 4.65. The Morgan fingerprint density at radius 3 is 2.79 bits per heavy atom. The van der Waals surface area contributed by atoms with Gasteiger partial charge in [0.2, 0.25) is 5.82 Å². The molecular formula is C9H15N3O2. The summed E-state index contributed by atoms with van der Waals surface area (Å²) >= 11 is 0. The topological polar surface area (TPSA) is 67.2 Å². The molecule has 0 amide bonds. The molecule has 0 bridgehead atoms. The Bertz CT molecular complexity index is 331. The molecule has 0 aliphatic carbocycles. The Labute approximate surface area is 82.8 Å². The normalized spacial score (nSPS) is 10.9. The maximum atomic E-state index is 10.7. The lowest BCUT2D eigenvalue weighted by Gasteiger charge is -2.04. The van der Waals surface area contributed by atoms with Crippen LogP contribution in [0, 0.1) is 0 Å². The lowest BCUT2D eigenvalue weighted by atomic mass is 10.3. The molecule has 0 fully saturated rings. The lowest BCUT2D eigenvalue weighted by Crippen LogP contribution is -2.22. The second-order valence-electron chi connectivity index (χ2n) is 3.51. The molecule has 1 heterocycles. The first kappa shape index (κ1) is 10.7. The molecule has 5 nitrogen and oxygen atoms in total. The number of aromatic carboxylic acids is 1. The van der Waals surface area contributed by atoms with Crippen LogP contribution in [0.15, 0.2) is 6.20 Å². The van der Waals surface area contributed by atoms with Crippen molar-refractivity contribution in [3.05, 3.63) is 17.7 Å². The number of carboxylic acids is 1. The Balaban J connectivity index is 2.71. The molecule has 0 unspecified atom stereocenters. The van der Waals surface area contributed by atoms with Crippen molar-refractivity contribution < 1.29 is 9.90 Å². The van der Waals surface area contributed by atoms with Gasteiger partial charge >= 0.3 is 5.97 Å². The van der Waals surface area contributed by atoms with Crippen molar-refractivity contribution in [1.29, 1.82) is 0 Å². The quantitative estimate of drug-likeness (QED) is 0.742. The van der Waals surface area contributed by atoms with E-state index in [4.69, 9.17) is 5.11 Å². The summed E-state index contributed by atoms with van der Waals surface area (Å²) in [5.41, 5.74) is 0.749. The molecule has 1 aromatic rings. The predicted octanol–water partition coefficient (Wildman–Crippen LogP) is 0.616. The lowest BCUT2D eigenvalue weighted by molar-refractivity contribution is 0.0679. The molecule has 0 saturated heterocycles. The van der Waals surface area contributed by atoms with Crippen molar-refractivity contribution in [2.24, 2.45) is 7.05 Å². The van der Waals surface area contributed by atoms with E-state index in [-0.39, 0.29) is 5.82 Å². The minimum absolute atomic E-state index is 0.0746. The van der Waals surface area contributed by atoms with Gasteiger partial charge in [0.1, 0.15) is 0 Å². The molecule has 0 spiro atoms. The van der Waals surface area contributed by atoms with Crippen LogP contribution in [0.25, 0.3) is 0 Å². The van der Waals surface area contributed by atoms with E-state index in [2.05, 4.69) is 10.3 Å². The molecule has 14 heavy (non-hydrogen) atoms. The van der Waals surface area contributed by atoms with Crippen LogP contribution in [0.5, 0.6) is 0 Å². The van der Waals surface area contributed by atoms with Gasteiger partial charge in [0, 0.05) is 25.8 Å². The van der Waals surface area contributed by atoms with Gasteiger partial charge in [-0.15, -0.1) is 0 Å². The molecule has 1 aromatic heterocycles. The number of hydrogen-bond acceptors (Lipinski definition) is 3. The van der Waals surface area contributed by atoms with E-state index < -0.39 is 5.97 Å². The average molecular weight is 197 g/mol. The van der Waals surface area contributed by atoms with E-state index in [1.807, 2.05) is 13.8 Å². The highest BCUT2D eigenvalue weighted by Crippen LogP contribution is 2.01. The fraction of sp³-hybridized carbons (Fsp3) is 0.556. The van der Waals surface area contributed by atoms with Gasteiger partial charge in [-0.05, 0) is 0 Å². The van der Waals surface area contributed by atoms with Crippen LogP contribution >= 0.6 is 0 Å². The highest BCUT2D eigenvalue weighted by atomic mass is 16.4. The molecule has 78 valence electrons. The van der Waals surface area contributed by atoms with Gasteiger partial charge in [-0.3, -0.25) is 0 Å². The van der Waals surface area contributed by atoms with Gasteiger partial charge in [-0.25, -0.2) is 9.78 Å². The maximum absolute atomic E-state index is 10.7. The smallest absolute Gasteiger partial charge is 0.372 e. The van der Waals surface area contributed by atoms with E-state index in [0.717, 1.165) is 5.69 Å². The predicted molar refractivity (Wildman–Crippen MR) is 52.1 cm³/mol. The maximum Gasteiger partial charge on any atom is 0.372 e. The number of carboxylic acid groups (broad SMARTS) is 1. The SMILES string of the molecule is CC(C)NCc1cn(C)c(C(=O)O)n1. The number of aromatic nitrogens is 2. The molecular weight excluding hydrogens is 182 g/mol. The summed E-state index contributed by atoms with van der Waals surface area (Å²) in [5, 5.41) is 11.9. The molecule has 5 heteroatoms.